The molecular weight excluding hydrogens is 152 g/mol. The van der Waals surface area contributed by atoms with Crippen molar-refractivity contribution in [3.05, 3.63) is 0 Å². The van der Waals surface area contributed by atoms with Gasteiger partial charge in [-0.05, 0) is 32.6 Å². The molecule has 0 bridgehead atoms. The van der Waals surface area contributed by atoms with Crippen LogP contribution in [-0.2, 0) is 0 Å². The van der Waals surface area contributed by atoms with Crippen LogP contribution in [0.2, 0.25) is 0 Å². The molecule has 0 aliphatic rings. The summed E-state index contributed by atoms with van der Waals surface area (Å²) in [5.74, 6) is 0.268. The molecule has 0 aromatic rings. The average molecular weight is 174 g/mol. The summed E-state index contributed by atoms with van der Waals surface area (Å²) in [5.41, 5.74) is 0. The van der Waals surface area contributed by atoms with Gasteiger partial charge in [0.25, 0.3) is 0 Å². The predicted octanol–water partition coefficient (Wildman–Crippen LogP) is 1.94. The van der Waals surface area contributed by atoms with Crippen molar-refractivity contribution in [2.75, 3.05) is 0 Å². The number of hydrogen-bond acceptors (Lipinski definition) is 2. The molecule has 0 saturated heterocycles. The second kappa shape index (κ2) is 6.44. The number of rotatable bonds is 6. The zero-order chi connectivity index (χ0) is 9.56. The van der Waals surface area contributed by atoms with Crippen LogP contribution in [-0.4, -0.2) is 22.4 Å². The van der Waals surface area contributed by atoms with E-state index >= 15 is 0 Å². The number of aliphatic hydroxyl groups is 2. The van der Waals surface area contributed by atoms with E-state index in [4.69, 9.17) is 5.11 Å². The van der Waals surface area contributed by atoms with Gasteiger partial charge in [0.05, 0.1) is 12.2 Å². The molecule has 0 aliphatic carbocycles. The minimum absolute atomic E-state index is 0.268. The van der Waals surface area contributed by atoms with E-state index in [2.05, 4.69) is 6.92 Å². The van der Waals surface area contributed by atoms with Crippen LogP contribution in [0.4, 0.5) is 0 Å². The molecule has 74 valence electrons. The Balaban J connectivity index is 3.70. The fourth-order valence-electron chi connectivity index (χ4n) is 1.46. The van der Waals surface area contributed by atoms with E-state index in [0.29, 0.717) is 0 Å². The molecule has 2 heteroatoms. The molecular formula is C10H22O2. The van der Waals surface area contributed by atoms with Crippen LogP contribution in [0.15, 0.2) is 0 Å². The fraction of sp³-hybridized carbons (Fsp3) is 1.00. The molecule has 3 unspecified atom stereocenters. The summed E-state index contributed by atoms with van der Waals surface area (Å²) in [4.78, 5) is 0. The molecule has 2 nitrogen and oxygen atoms in total. The van der Waals surface area contributed by atoms with Crippen LogP contribution in [0.25, 0.3) is 0 Å². The Bertz CT molecular complexity index is 100. The van der Waals surface area contributed by atoms with Gasteiger partial charge in [0.2, 0.25) is 0 Å². The van der Waals surface area contributed by atoms with Gasteiger partial charge in [-0.2, -0.15) is 0 Å². The third-order valence-electron chi connectivity index (χ3n) is 2.25. The van der Waals surface area contributed by atoms with E-state index in [-0.39, 0.29) is 18.1 Å². The lowest BCUT2D eigenvalue weighted by Crippen LogP contribution is -2.21. The summed E-state index contributed by atoms with van der Waals surface area (Å²) in [6.45, 7) is 5.73. The van der Waals surface area contributed by atoms with E-state index in [1.807, 2.05) is 6.92 Å². The van der Waals surface area contributed by atoms with Gasteiger partial charge in [-0.15, -0.1) is 0 Å². The van der Waals surface area contributed by atoms with Crippen LogP contribution < -0.4 is 0 Å². The lowest BCUT2D eigenvalue weighted by atomic mass is 9.91. The third-order valence-corrected chi connectivity index (χ3v) is 2.25. The summed E-state index contributed by atoms with van der Waals surface area (Å²) in [6, 6.07) is 0. The zero-order valence-electron chi connectivity index (χ0n) is 8.45. The Morgan fingerprint density at radius 1 is 1.17 bits per heavy atom. The largest absolute Gasteiger partial charge is 0.393 e. The van der Waals surface area contributed by atoms with Gasteiger partial charge < -0.3 is 10.2 Å². The maximum absolute atomic E-state index is 9.38. The van der Waals surface area contributed by atoms with Crippen LogP contribution in [0.3, 0.4) is 0 Å². The third kappa shape index (κ3) is 5.56. The molecule has 12 heavy (non-hydrogen) atoms. The molecule has 2 N–H and O–H groups in total. The maximum Gasteiger partial charge on any atom is 0.0541 e. The first kappa shape index (κ1) is 11.9. The molecule has 0 aromatic heterocycles. The fourth-order valence-corrected chi connectivity index (χ4v) is 1.46. The smallest absolute Gasteiger partial charge is 0.0541 e. The van der Waals surface area contributed by atoms with Crippen molar-refractivity contribution in [2.24, 2.45) is 5.92 Å². The van der Waals surface area contributed by atoms with Crippen molar-refractivity contribution in [1.29, 1.82) is 0 Å². The second-order valence-electron chi connectivity index (χ2n) is 3.73. The monoisotopic (exact) mass is 174 g/mol. The Morgan fingerprint density at radius 3 is 2.08 bits per heavy atom. The summed E-state index contributed by atoms with van der Waals surface area (Å²) in [6.07, 6.45) is 3.47. The normalized spacial score (nSPS) is 18.8. The standard InChI is InChI=1S/C10H22O2/c1-4-5-6-10(9(3)12)7-8(2)11/h8-12H,4-7H2,1-3H3. The number of hydrogen-bond donors (Lipinski definition) is 2. The number of aliphatic hydroxyl groups excluding tert-OH is 2. The Kier molecular flexibility index (Phi) is 6.39. The van der Waals surface area contributed by atoms with Gasteiger partial charge in [0, 0.05) is 0 Å². The van der Waals surface area contributed by atoms with Crippen LogP contribution >= 0.6 is 0 Å². The van der Waals surface area contributed by atoms with Crippen molar-refractivity contribution in [3.63, 3.8) is 0 Å². The first-order chi connectivity index (χ1) is 5.57. The Morgan fingerprint density at radius 2 is 1.75 bits per heavy atom. The van der Waals surface area contributed by atoms with Gasteiger partial charge in [-0.1, -0.05) is 19.8 Å². The first-order valence-electron chi connectivity index (χ1n) is 4.94. The van der Waals surface area contributed by atoms with E-state index in [9.17, 15) is 5.11 Å². The topological polar surface area (TPSA) is 40.5 Å². The molecule has 0 saturated carbocycles. The highest BCUT2D eigenvalue weighted by atomic mass is 16.3. The molecule has 0 aliphatic heterocycles. The van der Waals surface area contributed by atoms with Gasteiger partial charge in [-0.25, -0.2) is 0 Å². The van der Waals surface area contributed by atoms with Crippen molar-refractivity contribution < 1.29 is 10.2 Å². The van der Waals surface area contributed by atoms with Gasteiger partial charge in [0.1, 0.15) is 0 Å². The molecule has 3 atom stereocenters. The molecule has 0 radical (unpaired) electrons. The van der Waals surface area contributed by atoms with Crippen molar-refractivity contribution in [1.82, 2.24) is 0 Å². The van der Waals surface area contributed by atoms with Crippen molar-refractivity contribution >= 4 is 0 Å². The van der Waals surface area contributed by atoms with E-state index in [1.165, 1.54) is 0 Å². The summed E-state index contributed by atoms with van der Waals surface area (Å²) in [7, 11) is 0. The minimum Gasteiger partial charge on any atom is -0.393 e. The second-order valence-corrected chi connectivity index (χ2v) is 3.73. The highest BCUT2D eigenvalue weighted by Gasteiger charge is 2.16. The quantitative estimate of drug-likeness (QED) is 0.646. The van der Waals surface area contributed by atoms with Crippen LogP contribution in [0.1, 0.15) is 46.5 Å². The van der Waals surface area contributed by atoms with E-state index < -0.39 is 0 Å². The molecule has 0 amide bonds. The maximum atomic E-state index is 9.38. The van der Waals surface area contributed by atoms with Gasteiger partial charge in [0.15, 0.2) is 0 Å². The molecule has 0 spiro atoms. The van der Waals surface area contributed by atoms with Crippen LogP contribution in [0, 0.1) is 5.92 Å². The summed E-state index contributed by atoms with van der Waals surface area (Å²) >= 11 is 0. The van der Waals surface area contributed by atoms with Gasteiger partial charge in [-0.3, -0.25) is 0 Å². The Labute approximate surface area is 75.6 Å². The van der Waals surface area contributed by atoms with Gasteiger partial charge >= 0.3 is 0 Å². The summed E-state index contributed by atoms with van der Waals surface area (Å²) < 4.78 is 0. The lowest BCUT2D eigenvalue weighted by Gasteiger charge is -2.20. The highest BCUT2D eigenvalue weighted by Crippen LogP contribution is 2.18. The first-order valence-corrected chi connectivity index (χ1v) is 4.94. The lowest BCUT2D eigenvalue weighted by molar-refractivity contribution is 0.0731. The number of unbranched alkanes of at least 4 members (excludes halogenated alkanes) is 1. The highest BCUT2D eigenvalue weighted by molar-refractivity contribution is 4.67. The molecule has 0 rings (SSSR count). The summed E-state index contributed by atoms with van der Waals surface area (Å²) in [5, 5.41) is 18.5. The van der Waals surface area contributed by atoms with E-state index in [1.54, 1.807) is 6.92 Å². The van der Waals surface area contributed by atoms with Crippen molar-refractivity contribution in [2.45, 2.75) is 58.7 Å². The zero-order valence-corrected chi connectivity index (χ0v) is 8.45. The SMILES string of the molecule is CCCCC(CC(C)O)C(C)O. The Hall–Kier alpha value is -0.0800. The average Bonchev–Trinajstić information content (AvgIpc) is 1.96. The predicted molar refractivity (Wildman–Crippen MR) is 51.0 cm³/mol. The molecule has 0 fully saturated rings. The molecule has 0 heterocycles. The minimum atomic E-state index is -0.290. The van der Waals surface area contributed by atoms with Crippen molar-refractivity contribution in [3.8, 4) is 0 Å². The van der Waals surface area contributed by atoms with Crippen LogP contribution in [0.5, 0.6) is 0 Å². The molecule has 0 aromatic carbocycles. The van der Waals surface area contributed by atoms with E-state index in [0.717, 1.165) is 25.7 Å².